The first-order valence-electron chi connectivity index (χ1n) is 5.33. The van der Waals surface area contributed by atoms with Crippen molar-refractivity contribution in [2.24, 2.45) is 0 Å². The van der Waals surface area contributed by atoms with Crippen LogP contribution in [0.1, 0.15) is 11.1 Å². The summed E-state index contributed by atoms with van der Waals surface area (Å²) in [6.45, 7) is 0. The lowest BCUT2D eigenvalue weighted by atomic mass is 10.2. The molecule has 3 N–H and O–H groups in total. The number of anilines is 2. The summed E-state index contributed by atoms with van der Waals surface area (Å²) in [5.41, 5.74) is 7.08. The molecular weight excluding hydrogens is 282 g/mol. The molecule has 0 bridgehead atoms. The van der Waals surface area contributed by atoms with Crippen molar-refractivity contribution in [2.45, 2.75) is 5.75 Å². The van der Waals surface area contributed by atoms with Gasteiger partial charge in [-0.1, -0.05) is 12.1 Å². The molecule has 1 aromatic carbocycles. The van der Waals surface area contributed by atoms with Gasteiger partial charge in [-0.05, 0) is 29.1 Å². The Bertz CT molecular complexity index is 712. The second-order valence-electron chi connectivity index (χ2n) is 3.88. The second kappa shape index (κ2) is 5.30. The van der Waals surface area contributed by atoms with Gasteiger partial charge >= 0.3 is 0 Å². The van der Waals surface area contributed by atoms with Crippen LogP contribution < -0.4 is 10.5 Å². The molecule has 0 fully saturated rings. The van der Waals surface area contributed by atoms with Gasteiger partial charge in [-0.3, -0.25) is 4.72 Å². The van der Waals surface area contributed by atoms with E-state index in [1.54, 1.807) is 35.7 Å². The van der Waals surface area contributed by atoms with Crippen LogP contribution >= 0.6 is 11.3 Å². The number of thiophene rings is 1. The summed E-state index contributed by atoms with van der Waals surface area (Å²) in [6.07, 6.45) is 0. The third kappa shape index (κ3) is 3.47. The standard InChI is InChI=1S/C12H11N3O2S2/c13-7-10-5-6-18-12(10)15-19(16,17)8-9-1-3-11(14)4-2-9/h1-6,15H,8,14H2. The maximum absolute atomic E-state index is 12.0. The molecule has 0 saturated carbocycles. The molecule has 1 aromatic heterocycles. The number of hydrogen-bond acceptors (Lipinski definition) is 5. The average Bonchev–Trinajstić information content (AvgIpc) is 2.78. The monoisotopic (exact) mass is 293 g/mol. The van der Waals surface area contributed by atoms with Crippen LogP contribution in [-0.2, 0) is 15.8 Å². The number of nitrogen functional groups attached to an aromatic ring is 1. The van der Waals surface area contributed by atoms with Crippen molar-refractivity contribution < 1.29 is 8.42 Å². The van der Waals surface area contributed by atoms with Crippen LogP contribution in [0, 0.1) is 11.3 Å². The van der Waals surface area contributed by atoms with Gasteiger partial charge in [0.1, 0.15) is 11.1 Å². The van der Waals surface area contributed by atoms with E-state index in [4.69, 9.17) is 11.0 Å². The van der Waals surface area contributed by atoms with Crippen molar-refractivity contribution in [3.05, 3.63) is 46.8 Å². The molecule has 0 saturated heterocycles. The van der Waals surface area contributed by atoms with E-state index in [0.29, 0.717) is 21.8 Å². The van der Waals surface area contributed by atoms with Crippen LogP contribution in [0.25, 0.3) is 0 Å². The van der Waals surface area contributed by atoms with Gasteiger partial charge in [-0.15, -0.1) is 11.3 Å². The largest absolute Gasteiger partial charge is 0.399 e. The van der Waals surface area contributed by atoms with Gasteiger partial charge in [0.25, 0.3) is 0 Å². The van der Waals surface area contributed by atoms with E-state index in [0.717, 1.165) is 0 Å². The van der Waals surface area contributed by atoms with Gasteiger partial charge in [0, 0.05) is 5.69 Å². The number of nitrogens with two attached hydrogens (primary N) is 1. The third-order valence-corrected chi connectivity index (χ3v) is 4.56. The molecule has 19 heavy (non-hydrogen) atoms. The van der Waals surface area contributed by atoms with Crippen LogP contribution in [0.4, 0.5) is 10.7 Å². The predicted octanol–water partition coefficient (Wildman–Crippen LogP) is 2.14. The lowest BCUT2D eigenvalue weighted by Gasteiger charge is -2.06. The van der Waals surface area contributed by atoms with Crippen LogP contribution in [0.15, 0.2) is 35.7 Å². The van der Waals surface area contributed by atoms with E-state index in [1.165, 1.54) is 11.3 Å². The minimum absolute atomic E-state index is 0.157. The van der Waals surface area contributed by atoms with Gasteiger partial charge in [-0.2, -0.15) is 5.26 Å². The van der Waals surface area contributed by atoms with Crippen molar-refractivity contribution in [1.29, 1.82) is 5.26 Å². The van der Waals surface area contributed by atoms with Gasteiger partial charge in [-0.25, -0.2) is 8.42 Å². The minimum Gasteiger partial charge on any atom is -0.399 e. The Hall–Kier alpha value is -2.04. The van der Waals surface area contributed by atoms with E-state index >= 15 is 0 Å². The third-order valence-electron chi connectivity index (χ3n) is 2.37. The molecule has 0 spiro atoms. The van der Waals surface area contributed by atoms with E-state index < -0.39 is 10.0 Å². The zero-order chi connectivity index (χ0) is 13.9. The zero-order valence-electron chi connectivity index (χ0n) is 9.83. The van der Waals surface area contributed by atoms with Crippen molar-refractivity contribution in [1.82, 2.24) is 0 Å². The number of nitrogens with zero attached hydrogens (tertiary/aromatic N) is 1. The van der Waals surface area contributed by atoms with E-state index in [-0.39, 0.29) is 5.75 Å². The normalized spacial score (nSPS) is 10.9. The number of hydrogen-bond donors (Lipinski definition) is 2. The molecule has 0 unspecified atom stereocenters. The molecular formula is C12H11N3O2S2. The van der Waals surface area contributed by atoms with Crippen LogP contribution in [0.3, 0.4) is 0 Å². The summed E-state index contributed by atoms with van der Waals surface area (Å²) in [4.78, 5) is 0. The molecule has 0 radical (unpaired) electrons. The lowest BCUT2D eigenvalue weighted by molar-refractivity contribution is 0.600. The van der Waals surface area contributed by atoms with Crippen molar-refractivity contribution in [2.75, 3.05) is 10.5 Å². The van der Waals surface area contributed by atoms with E-state index in [9.17, 15) is 8.42 Å². The summed E-state index contributed by atoms with van der Waals surface area (Å²) in [7, 11) is -3.53. The Morgan fingerprint density at radius 1 is 1.26 bits per heavy atom. The molecule has 1 heterocycles. The van der Waals surface area contributed by atoms with Crippen LogP contribution in [0.2, 0.25) is 0 Å². The predicted molar refractivity (Wildman–Crippen MR) is 76.1 cm³/mol. The van der Waals surface area contributed by atoms with Gasteiger partial charge < -0.3 is 5.73 Å². The molecule has 0 amide bonds. The first-order chi connectivity index (χ1) is 9.00. The van der Waals surface area contributed by atoms with Gasteiger partial charge in [0.15, 0.2) is 0 Å². The Morgan fingerprint density at radius 3 is 2.58 bits per heavy atom. The van der Waals surface area contributed by atoms with Crippen molar-refractivity contribution in [3.8, 4) is 6.07 Å². The maximum atomic E-state index is 12.0. The van der Waals surface area contributed by atoms with E-state index in [2.05, 4.69) is 4.72 Å². The molecule has 0 aliphatic rings. The number of nitriles is 1. The fraction of sp³-hybridized carbons (Fsp3) is 0.0833. The number of sulfonamides is 1. The quantitative estimate of drug-likeness (QED) is 0.844. The number of rotatable bonds is 4. The smallest absolute Gasteiger partial charge is 0.237 e. The highest BCUT2D eigenvalue weighted by molar-refractivity contribution is 7.92. The first kappa shape index (κ1) is 13.4. The molecule has 98 valence electrons. The van der Waals surface area contributed by atoms with Crippen molar-refractivity contribution >= 4 is 32.0 Å². The van der Waals surface area contributed by atoms with Gasteiger partial charge in [0.05, 0.1) is 11.3 Å². The van der Waals surface area contributed by atoms with Crippen molar-refractivity contribution in [3.63, 3.8) is 0 Å². The maximum Gasteiger partial charge on any atom is 0.237 e. The van der Waals surface area contributed by atoms with Crippen LogP contribution in [-0.4, -0.2) is 8.42 Å². The number of nitrogens with one attached hydrogen (secondary N) is 1. The summed E-state index contributed by atoms with van der Waals surface area (Å²) in [6, 6.07) is 10.1. The van der Waals surface area contributed by atoms with E-state index in [1.807, 2.05) is 6.07 Å². The molecule has 0 aliphatic carbocycles. The number of benzene rings is 1. The fourth-order valence-electron chi connectivity index (χ4n) is 1.49. The van der Waals surface area contributed by atoms with Crippen LogP contribution in [0.5, 0.6) is 0 Å². The minimum atomic E-state index is -3.53. The summed E-state index contributed by atoms with van der Waals surface area (Å²) in [5.74, 6) is -0.157. The zero-order valence-corrected chi connectivity index (χ0v) is 11.5. The average molecular weight is 293 g/mol. The molecule has 2 rings (SSSR count). The molecule has 0 atom stereocenters. The summed E-state index contributed by atoms with van der Waals surface area (Å²) in [5, 5.41) is 10.8. The molecule has 5 nitrogen and oxygen atoms in total. The highest BCUT2D eigenvalue weighted by Gasteiger charge is 2.14. The summed E-state index contributed by atoms with van der Waals surface area (Å²) < 4.78 is 26.4. The Balaban J connectivity index is 2.16. The summed E-state index contributed by atoms with van der Waals surface area (Å²) >= 11 is 1.18. The molecule has 7 heteroatoms. The second-order valence-corrected chi connectivity index (χ2v) is 6.52. The first-order valence-corrected chi connectivity index (χ1v) is 7.86. The Kier molecular flexibility index (Phi) is 3.74. The topological polar surface area (TPSA) is 96.0 Å². The molecule has 0 aliphatic heterocycles. The Morgan fingerprint density at radius 2 is 1.95 bits per heavy atom. The highest BCUT2D eigenvalue weighted by atomic mass is 32.2. The Labute approximate surface area is 115 Å². The fourth-order valence-corrected chi connectivity index (χ4v) is 3.74. The van der Waals surface area contributed by atoms with Gasteiger partial charge in [0.2, 0.25) is 10.0 Å². The molecule has 2 aromatic rings. The lowest BCUT2D eigenvalue weighted by Crippen LogP contribution is -2.14. The SMILES string of the molecule is N#Cc1ccsc1NS(=O)(=O)Cc1ccc(N)cc1. The highest BCUT2D eigenvalue weighted by Crippen LogP contribution is 2.24.